The maximum Gasteiger partial charge on any atom is 0.238 e. The van der Waals surface area contributed by atoms with E-state index < -0.39 is 5.82 Å². The number of rotatable bonds is 6. The Labute approximate surface area is 125 Å². The summed E-state index contributed by atoms with van der Waals surface area (Å²) < 4.78 is 13.6. The van der Waals surface area contributed by atoms with Crippen LogP contribution in [0.3, 0.4) is 0 Å². The SMILES string of the molecule is CCN(CC(=O)Nc1ccccc1F)C1(CN)CCCC1. The van der Waals surface area contributed by atoms with E-state index in [4.69, 9.17) is 5.73 Å². The molecule has 1 amide bonds. The Morgan fingerprint density at radius 2 is 2.05 bits per heavy atom. The van der Waals surface area contributed by atoms with Crippen molar-refractivity contribution in [1.29, 1.82) is 0 Å². The second kappa shape index (κ2) is 7.00. The van der Waals surface area contributed by atoms with Crippen molar-refractivity contribution in [2.45, 2.75) is 38.1 Å². The van der Waals surface area contributed by atoms with Gasteiger partial charge in [0.25, 0.3) is 0 Å². The molecular weight excluding hydrogens is 269 g/mol. The topological polar surface area (TPSA) is 58.4 Å². The minimum Gasteiger partial charge on any atom is -0.329 e. The van der Waals surface area contributed by atoms with Gasteiger partial charge in [0.1, 0.15) is 5.82 Å². The summed E-state index contributed by atoms with van der Waals surface area (Å²) in [6.45, 7) is 3.61. The summed E-state index contributed by atoms with van der Waals surface area (Å²) in [5.41, 5.74) is 6.12. The van der Waals surface area contributed by atoms with Crippen LogP contribution >= 0.6 is 0 Å². The van der Waals surface area contributed by atoms with Crippen LogP contribution in [0.2, 0.25) is 0 Å². The molecule has 0 atom stereocenters. The zero-order valence-electron chi connectivity index (χ0n) is 12.6. The number of nitrogens with two attached hydrogens (primary N) is 1. The third-order valence-electron chi connectivity index (χ3n) is 4.45. The van der Waals surface area contributed by atoms with Crippen LogP contribution < -0.4 is 11.1 Å². The number of nitrogens with one attached hydrogen (secondary N) is 1. The summed E-state index contributed by atoms with van der Waals surface area (Å²) in [5.74, 6) is -0.607. The monoisotopic (exact) mass is 293 g/mol. The van der Waals surface area contributed by atoms with Crippen molar-refractivity contribution in [3.05, 3.63) is 30.1 Å². The van der Waals surface area contributed by atoms with Crippen LogP contribution in [0.4, 0.5) is 10.1 Å². The van der Waals surface area contributed by atoms with Gasteiger partial charge in [-0.3, -0.25) is 9.69 Å². The highest BCUT2D eigenvalue weighted by molar-refractivity contribution is 5.92. The zero-order valence-corrected chi connectivity index (χ0v) is 12.6. The first-order valence-corrected chi connectivity index (χ1v) is 7.61. The third-order valence-corrected chi connectivity index (χ3v) is 4.45. The third kappa shape index (κ3) is 3.60. The van der Waals surface area contributed by atoms with Gasteiger partial charge in [-0.2, -0.15) is 0 Å². The Kier molecular flexibility index (Phi) is 5.31. The average Bonchev–Trinajstić information content (AvgIpc) is 2.97. The van der Waals surface area contributed by atoms with Gasteiger partial charge in [0, 0.05) is 12.1 Å². The molecule has 1 saturated carbocycles. The number of para-hydroxylation sites is 1. The fraction of sp³-hybridized carbons (Fsp3) is 0.562. The molecule has 0 aliphatic heterocycles. The van der Waals surface area contributed by atoms with Crippen molar-refractivity contribution in [2.24, 2.45) is 5.73 Å². The number of halogens is 1. The van der Waals surface area contributed by atoms with E-state index >= 15 is 0 Å². The molecular formula is C16H24FN3O. The molecule has 1 aliphatic rings. The standard InChI is InChI=1S/C16H24FN3O/c1-2-20(16(12-18)9-5-6-10-16)11-15(21)19-14-8-4-3-7-13(14)17/h3-4,7-8H,2,5-6,9-12,18H2,1H3,(H,19,21). The fourth-order valence-corrected chi connectivity index (χ4v) is 3.22. The second-order valence-electron chi connectivity index (χ2n) is 5.68. The van der Waals surface area contributed by atoms with E-state index in [0.717, 1.165) is 32.2 Å². The molecule has 0 radical (unpaired) electrons. The maximum absolute atomic E-state index is 13.6. The molecule has 4 nitrogen and oxygen atoms in total. The molecule has 3 N–H and O–H groups in total. The molecule has 0 bridgehead atoms. The molecule has 116 valence electrons. The predicted octanol–water partition coefficient (Wildman–Crippen LogP) is 2.36. The van der Waals surface area contributed by atoms with Gasteiger partial charge in [-0.15, -0.1) is 0 Å². The number of nitrogens with zero attached hydrogens (tertiary/aromatic N) is 1. The van der Waals surface area contributed by atoms with Gasteiger partial charge in [0.15, 0.2) is 0 Å². The van der Waals surface area contributed by atoms with Gasteiger partial charge in [0.05, 0.1) is 12.2 Å². The smallest absolute Gasteiger partial charge is 0.238 e. The Morgan fingerprint density at radius 3 is 2.62 bits per heavy atom. The Bertz CT molecular complexity index is 486. The van der Waals surface area contributed by atoms with E-state index in [9.17, 15) is 9.18 Å². The molecule has 1 aliphatic carbocycles. The molecule has 1 aromatic carbocycles. The van der Waals surface area contributed by atoms with Crippen molar-refractivity contribution >= 4 is 11.6 Å². The lowest BCUT2D eigenvalue weighted by Gasteiger charge is -2.39. The van der Waals surface area contributed by atoms with Crippen molar-refractivity contribution in [3.63, 3.8) is 0 Å². The molecule has 5 heteroatoms. The number of likely N-dealkylation sites (N-methyl/N-ethyl adjacent to an activating group) is 1. The van der Waals surface area contributed by atoms with Crippen LogP contribution in [-0.4, -0.2) is 36.0 Å². The number of anilines is 1. The summed E-state index contributed by atoms with van der Waals surface area (Å²) in [6.07, 6.45) is 4.37. The lowest BCUT2D eigenvalue weighted by molar-refractivity contribution is -0.118. The number of carbonyl (C=O) groups excluding carboxylic acids is 1. The quantitative estimate of drug-likeness (QED) is 0.846. The van der Waals surface area contributed by atoms with E-state index in [0.29, 0.717) is 6.54 Å². The minimum absolute atomic E-state index is 0.0681. The number of amides is 1. The first-order chi connectivity index (χ1) is 10.1. The largest absolute Gasteiger partial charge is 0.329 e. The Morgan fingerprint density at radius 1 is 1.38 bits per heavy atom. The van der Waals surface area contributed by atoms with E-state index in [1.165, 1.54) is 6.07 Å². The summed E-state index contributed by atoms with van der Waals surface area (Å²) in [5, 5.41) is 2.64. The lowest BCUT2D eigenvalue weighted by Crippen LogP contribution is -2.54. The van der Waals surface area contributed by atoms with Crippen molar-refractivity contribution in [3.8, 4) is 0 Å². The second-order valence-corrected chi connectivity index (χ2v) is 5.68. The van der Waals surface area contributed by atoms with Gasteiger partial charge in [-0.25, -0.2) is 4.39 Å². The minimum atomic E-state index is -0.414. The normalized spacial score (nSPS) is 17.1. The molecule has 1 fully saturated rings. The first kappa shape index (κ1) is 15.9. The van der Waals surface area contributed by atoms with Crippen molar-refractivity contribution in [1.82, 2.24) is 4.90 Å². The summed E-state index contributed by atoms with van der Waals surface area (Å²) in [4.78, 5) is 14.3. The molecule has 21 heavy (non-hydrogen) atoms. The van der Waals surface area contributed by atoms with E-state index in [-0.39, 0.29) is 23.7 Å². The number of benzene rings is 1. The summed E-state index contributed by atoms with van der Waals surface area (Å²) >= 11 is 0. The maximum atomic E-state index is 13.6. The predicted molar refractivity (Wildman–Crippen MR) is 82.5 cm³/mol. The Hall–Kier alpha value is -1.46. The Balaban J connectivity index is 2.01. The highest BCUT2D eigenvalue weighted by Gasteiger charge is 2.38. The fourth-order valence-electron chi connectivity index (χ4n) is 3.22. The van der Waals surface area contributed by atoms with Crippen LogP contribution in [-0.2, 0) is 4.79 Å². The van der Waals surface area contributed by atoms with Crippen LogP contribution in [0.15, 0.2) is 24.3 Å². The van der Waals surface area contributed by atoms with Crippen LogP contribution in [0, 0.1) is 5.82 Å². The van der Waals surface area contributed by atoms with Crippen molar-refractivity contribution in [2.75, 3.05) is 25.0 Å². The van der Waals surface area contributed by atoms with Gasteiger partial charge in [-0.05, 0) is 31.5 Å². The van der Waals surface area contributed by atoms with E-state index in [2.05, 4.69) is 10.2 Å². The van der Waals surface area contributed by atoms with Gasteiger partial charge in [-0.1, -0.05) is 31.9 Å². The highest BCUT2D eigenvalue weighted by Crippen LogP contribution is 2.34. The number of hydrogen-bond donors (Lipinski definition) is 2. The van der Waals surface area contributed by atoms with Crippen LogP contribution in [0.25, 0.3) is 0 Å². The molecule has 0 aromatic heterocycles. The van der Waals surface area contributed by atoms with Gasteiger partial charge < -0.3 is 11.1 Å². The van der Waals surface area contributed by atoms with Crippen LogP contribution in [0.1, 0.15) is 32.6 Å². The zero-order chi connectivity index (χ0) is 15.3. The first-order valence-electron chi connectivity index (χ1n) is 7.61. The van der Waals surface area contributed by atoms with E-state index in [1.54, 1.807) is 18.2 Å². The molecule has 0 heterocycles. The van der Waals surface area contributed by atoms with E-state index in [1.807, 2.05) is 6.92 Å². The summed E-state index contributed by atoms with van der Waals surface area (Å²) in [7, 11) is 0. The van der Waals surface area contributed by atoms with Gasteiger partial charge >= 0.3 is 0 Å². The molecule has 0 spiro atoms. The van der Waals surface area contributed by atoms with Crippen LogP contribution in [0.5, 0.6) is 0 Å². The molecule has 0 unspecified atom stereocenters. The number of hydrogen-bond acceptors (Lipinski definition) is 3. The molecule has 2 rings (SSSR count). The number of carbonyl (C=O) groups is 1. The molecule has 1 aromatic rings. The van der Waals surface area contributed by atoms with Crippen molar-refractivity contribution < 1.29 is 9.18 Å². The molecule has 0 saturated heterocycles. The average molecular weight is 293 g/mol. The highest BCUT2D eigenvalue weighted by atomic mass is 19.1. The summed E-state index contributed by atoms with van der Waals surface area (Å²) in [6, 6.07) is 6.21. The lowest BCUT2D eigenvalue weighted by atomic mass is 9.95. The van der Waals surface area contributed by atoms with Gasteiger partial charge in [0.2, 0.25) is 5.91 Å².